The van der Waals surface area contributed by atoms with Crippen molar-refractivity contribution in [1.29, 1.82) is 0 Å². The van der Waals surface area contributed by atoms with Gasteiger partial charge in [-0.25, -0.2) is 4.98 Å². The summed E-state index contributed by atoms with van der Waals surface area (Å²) in [5, 5.41) is 6.57. The summed E-state index contributed by atoms with van der Waals surface area (Å²) in [6.45, 7) is 0.930. The highest BCUT2D eigenvalue weighted by Crippen LogP contribution is 2.23. The van der Waals surface area contributed by atoms with Gasteiger partial charge in [0.05, 0.1) is 16.0 Å². The zero-order chi connectivity index (χ0) is 9.97. The van der Waals surface area contributed by atoms with Gasteiger partial charge in [0.25, 0.3) is 0 Å². The Kier molecular flexibility index (Phi) is 3.15. The summed E-state index contributed by atoms with van der Waals surface area (Å²) in [5.41, 5.74) is 0. The molecule has 1 aliphatic heterocycles. The number of aromatic nitrogens is 1. The molecule has 1 aliphatic rings. The smallest absolute Gasteiger partial charge is 0.243 e. The molecule has 0 aromatic carbocycles. The fourth-order valence-corrected chi connectivity index (χ4v) is 2.52. The molecule has 1 amide bonds. The number of hydrogen-bond acceptors (Lipinski definition) is 4. The molecule has 76 valence electrons. The molecule has 2 rings (SSSR count). The Bertz CT molecular complexity index is 335. The van der Waals surface area contributed by atoms with E-state index in [0.717, 1.165) is 23.2 Å². The van der Waals surface area contributed by atoms with Crippen LogP contribution in [0, 0.1) is 0 Å². The van der Waals surface area contributed by atoms with E-state index in [2.05, 4.69) is 31.5 Å². The average Bonchev–Trinajstić information content (AvgIpc) is 2.75. The molecule has 4 nitrogen and oxygen atoms in total. The van der Waals surface area contributed by atoms with Crippen LogP contribution in [0.4, 0.5) is 5.13 Å². The van der Waals surface area contributed by atoms with Gasteiger partial charge in [0.1, 0.15) is 0 Å². The monoisotopic (exact) mass is 275 g/mol. The molecule has 0 unspecified atom stereocenters. The summed E-state index contributed by atoms with van der Waals surface area (Å²) in [6.07, 6.45) is 3.67. The lowest BCUT2D eigenvalue weighted by Gasteiger charge is -2.08. The lowest BCUT2D eigenvalue weighted by Crippen LogP contribution is -2.35. The number of halogens is 1. The highest BCUT2D eigenvalue weighted by atomic mass is 79.9. The number of anilines is 1. The van der Waals surface area contributed by atoms with Gasteiger partial charge in [0, 0.05) is 0 Å². The average molecular weight is 276 g/mol. The number of hydrogen-bond donors (Lipinski definition) is 2. The summed E-state index contributed by atoms with van der Waals surface area (Å²) in [4.78, 5) is 15.6. The van der Waals surface area contributed by atoms with Gasteiger partial charge in [-0.2, -0.15) is 0 Å². The predicted octanol–water partition coefficient (Wildman–Crippen LogP) is 1.60. The first kappa shape index (κ1) is 10.1. The topological polar surface area (TPSA) is 54.0 Å². The van der Waals surface area contributed by atoms with E-state index in [-0.39, 0.29) is 11.9 Å². The molecule has 0 bridgehead atoms. The number of thiazole rings is 1. The Morgan fingerprint density at radius 2 is 2.64 bits per heavy atom. The molecule has 6 heteroatoms. The SMILES string of the molecule is O=C(Nc1ncc(Br)s1)[C@H]1CCCN1. The molecule has 2 N–H and O–H groups in total. The number of rotatable bonds is 2. The minimum atomic E-state index is -0.0438. The third kappa shape index (κ3) is 2.31. The van der Waals surface area contributed by atoms with Gasteiger partial charge in [0.2, 0.25) is 5.91 Å². The second-order valence-corrected chi connectivity index (χ2v) is 5.52. The van der Waals surface area contributed by atoms with Gasteiger partial charge in [-0.05, 0) is 35.3 Å². The van der Waals surface area contributed by atoms with E-state index in [0.29, 0.717) is 5.13 Å². The van der Waals surface area contributed by atoms with E-state index in [1.165, 1.54) is 11.3 Å². The maximum Gasteiger partial charge on any atom is 0.243 e. The van der Waals surface area contributed by atoms with E-state index in [1.54, 1.807) is 6.20 Å². The van der Waals surface area contributed by atoms with Crippen LogP contribution in [0.15, 0.2) is 9.98 Å². The van der Waals surface area contributed by atoms with Crippen molar-refractivity contribution in [2.75, 3.05) is 11.9 Å². The van der Waals surface area contributed by atoms with Crippen molar-refractivity contribution >= 4 is 38.3 Å². The summed E-state index contributed by atoms with van der Waals surface area (Å²) in [7, 11) is 0. The van der Waals surface area contributed by atoms with E-state index in [4.69, 9.17) is 0 Å². The van der Waals surface area contributed by atoms with Crippen LogP contribution in [-0.4, -0.2) is 23.5 Å². The van der Waals surface area contributed by atoms with Crippen LogP contribution in [0.1, 0.15) is 12.8 Å². The van der Waals surface area contributed by atoms with Gasteiger partial charge in [-0.3, -0.25) is 4.79 Å². The Balaban J connectivity index is 1.93. The van der Waals surface area contributed by atoms with Crippen molar-refractivity contribution in [3.8, 4) is 0 Å². The third-order valence-electron chi connectivity index (χ3n) is 2.08. The van der Waals surface area contributed by atoms with Crippen LogP contribution >= 0.6 is 27.3 Å². The van der Waals surface area contributed by atoms with Crippen LogP contribution in [0.5, 0.6) is 0 Å². The fourth-order valence-electron chi connectivity index (χ4n) is 1.41. The second kappa shape index (κ2) is 4.37. The van der Waals surface area contributed by atoms with Crippen molar-refractivity contribution in [3.05, 3.63) is 9.98 Å². The fraction of sp³-hybridized carbons (Fsp3) is 0.500. The lowest BCUT2D eigenvalue weighted by molar-refractivity contribution is -0.117. The highest BCUT2D eigenvalue weighted by Gasteiger charge is 2.22. The molecule has 2 heterocycles. The summed E-state index contributed by atoms with van der Waals surface area (Å²) in [6, 6.07) is -0.0438. The standard InChI is InChI=1S/C8H10BrN3OS/c9-6-4-11-8(14-6)12-7(13)5-2-1-3-10-5/h4-5,10H,1-3H2,(H,11,12,13)/t5-/m1/s1. The highest BCUT2D eigenvalue weighted by molar-refractivity contribution is 9.11. The van der Waals surface area contributed by atoms with Crippen LogP contribution in [0.3, 0.4) is 0 Å². The van der Waals surface area contributed by atoms with Crippen molar-refractivity contribution in [3.63, 3.8) is 0 Å². The molecule has 0 spiro atoms. The molecule has 0 radical (unpaired) electrons. The van der Waals surface area contributed by atoms with E-state index < -0.39 is 0 Å². The molecule has 1 atom stereocenters. The molecule has 0 aliphatic carbocycles. The maximum atomic E-state index is 11.6. The first-order chi connectivity index (χ1) is 6.75. The molecule has 1 fully saturated rings. The van der Waals surface area contributed by atoms with E-state index >= 15 is 0 Å². The number of carbonyl (C=O) groups is 1. The normalized spacial score (nSPS) is 21.1. The Morgan fingerprint density at radius 1 is 1.79 bits per heavy atom. The van der Waals surface area contributed by atoms with E-state index in [9.17, 15) is 4.79 Å². The van der Waals surface area contributed by atoms with Gasteiger partial charge in [-0.15, -0.1) is 0 Å². The van der Waals surface area contributed by atoms with Gasteiger partial charge < -0.3 is 10.6 Å². The van der Waals surface area contributed by atoms with Crippen LogP contribution < -0.4 is 10.6 Å². The second-order valence-electron chi connectivity index (χ2n) is 3.11. The van der Waals surface area contributed by atoms with Crippen molar-refractivity contribution in [2.45, 2.75) is 18.9 Å². The minimum absolute atomic E-state index is 0.0179. The quantitative estimate of drug-likeness (QED) is 0.862. The molecule has 1 saturated heterocycles. The number of nitrogens with zero attached hydrogens (tertiary/aromatic N) is 1. The molecule has 14 heavy (non-hydrogen) atoms. The van der Waals surface area contributed by atoms with Crippen molar-refractivity contribution in [2.24, 2.45) is 0 Å². The number of amides is 1. The maximum absolute atomic E-state index is 11.6. The van der Waals surface area contributed by atoms with Crippen molar-refractivity contribution in [1.82, 2.24) is 10.3 Å². The zero-order valence-corrected chi connectivity index (χ0v) is 9.82. The third-order valence-corrected chi connectivity index (χ3v) is 3.48. The van der Waals surface area contributed by atoms with E-state index in [1.807, 2.05) is 0 Å². The first-order valence-corrected chi connectivity index (χ1v) is 6.02. The van der Waals surface area contributed by atoms with Crippen LogP contribution in [0.25, 0.3) is 0 Å². The summed E-state index contributed by atoms with van der Waals surface area (Å²) >= 11 is 4.72. The molecule has 1 aromatic rings. The molecular weight excluding hydrogens is 266 g/mol. The van der Waals surface area contributed by atoms with Crippen molar-refractivity contribution < 1.29 is 4.79 Å². The van der Waals surface area contributed by atoms with Crippen LogP contribution in [-0.2, 0) is 4.79 Å². The number of carbonyl (C=O) groups excluding carboxylic acids is 1. The molecular formula is C8H10BrN3OS. The van der Waals surface area contributed by atoms with Crippen LogP contribution in [0.2, 0.25) is 0 Å². The summed E-state index contributed by atoms with van der Waals surface area (Å²) in [5.74, 6) is 0.0179. The minimum Gasteiger partial charge on any atom is -0.306 e. The summed E-state index contributed by atoms with van der Waals surface area (Å²) < 4.78 is 0.923. The Labute approximate surface area is 94.2 Å². The van der Waals surface area contributed by atoms with Gasteiger partial charge in [0.15, 0.2) is 5.13 Å². The number of nitrogens with one attached hydrogen (secondary N) is 2. The predicted molar refractivity (Wildman–Crippen MR) is 59.5 cm³/mol. The van der Waals surface area contributed by atoms with Gasteiger partial charge >= 0.3 is 0 Å². The van der Waals surface area contributed by atoms with Gasteiger partial charge in [-0.1, -0.05) is 11.3 Å². The Morgan fingerprint density at radius 3 is 3.21 bits per heavy atom. The largest absolute Gasteiger partial charge is 0.306 e. The zero-order valence-electron chi connectivity index (χ0n) is 7.42. The molecule has 1 aromatic heterocycles. The first-order valence-electron chi connectivity index (χ1n) is 4.41. The lowest BCUT2D eigenvalue weighted by atomic mass is 10.2. The molecule has 0 saturated carbocycles. The Hall–Kier alpha value is -0.460.